The number of piperidine rings is 2. The number of aliphatic hydroxyl groups excluding tert-OH is 1. The van der Waals surface area contributed by atoms with Gasteiger partial charge in [-0.05, 0) is 43.2 Å². The van der Waals surface area contributed by atoms with Gasteiger partial charge in [0, 0.05) is 59.0 Å². The quantitative estimate of drug-likeness (QED) is 0.857. The van der Waals surface area contributed by atoms with E-state index >= 15 is 0 Å². The molecule has 0 radical (unpaired) electrons. The van der Waals surface area contributed by atoms with Gasteiger partial charge < -0.3 is 19.8 Å². The first kappa shape index (κ1) is 19.7. The molecule has 2 aliphatic rings. The van der Waals surface area contributed by atoms with Gasteiger partial charge in [-0.2, -0.15) is 0 Å². The zero-order valence-corrected chi connectivity index (χ0v) is 16.5. The van der Waals surface area contributed by atoms with Gasteiger partial charge >= 0.3 is 0 Å². The maximum Gasteiger partial charge on any atom is 0.255 e. The summed E-state index contributed by atoms with van der Waals surface area (Å²) in [5.41, 5.74) is 1.82. The molecule has 0 aliphatic carbocycles. The summed E-state index contributed by atoms with van der Waals surface area (Å²) in [7, 11) is 3.91. The summed E-state index contributed by atoms with van der Waals surface area (Å²) < 4.78 is 0. The Balaban J connectivity index is 1.65. The number of amides is 2. The number of hydrogen-bond donors (Lipinski definition) is 1. The summed E-state index contributed by atoms with van der Waals surface area (Å²) in [4.78, 5) is 31.1. The Morgan fingerprint density at radius 2 is 1.89 bits per heavy atom. The Morgan fingerprint density at radius 1 is 1.19 bits per heavy atom. The average Bonchev–Trinajstić information content (AvgIpc) is 2.69. The third-order valence-corrected chi connectivity index (χ3v) is 6.06. The minimum absolute atomic E-state index is 0.0955. The number of carbonyl (C=O) groups excluding carboxylic acids is 2. The number of nitrogens with zero attached hydrogens (tertiary/aromatic N) is 3. The first-order chi connectivity index (χ1) is 13.0. The molecule has 2 fully saturated rings. The second kappa shape index (κ2) is 8.30. The van der Waals surface area contributed by atoms with Crippen molar-refractivity contribution in [1.82, 2.24) is 9.80 Å². The van der Waals surface area contributed by atoms with Crippen molar-refractivity contribution in [2.45, 2.75) is 32.1 Å². The molecule has 6 heteroatoms. The third-order valence-electron chi connectivity index (χ3n) is 6.06. The van der Waals surface area contributed by atoms with Crippen LogP contribution >= 0.6 is 0 Å². The SMILES string of the molecule is CN(C)c1ccccc1C(=O)N1CCC2(CCC(=O)N(CCCO)C2)CC1. The molecule has 3 rings (SSSR count). The van der Waals surface area contributed by atoms with Gasteiger partial charge in [-0.1, -0.05) is 12.1 Å². The van der Waals surface area contributed by atoms with Crippen LogP contribution in [0, 0.1) is 5.41 Å². The van der Waals surface area contributed by atoms with Crippen LogP contribution in [-0.2, 0) is 4.79 Å². The molecule has 148 valence electrons. The summed E-state index contributed by atoms with van der Waals surface area (Å²) in [6.07, 6.45) is 4.01. The fourth-order valence-corrected chi connectivity index (χ4v) is 4.37. The highest BCUT2D eigenvalue weighted by atomic mass is 16.3. The maximum atomic E-state index is 13.1. The topological polar surface area (TPSA) is 64.1 Å². The molecule has 2 saturated heterocycles. The van der Waals surface area contributed by atoms with E-state index in [1.165, 1.54) is 0 Å². The minimum atomic E-state index is 0.0955. The molecule has 1 aromatic carbocycles. The Bertz CT molecular complexity index is 681. The summed E-state index contributed by atoms with van der Waals surface area (Å²) in [6.45, 7) is 2.99. The van der Waals surface area contributed by atoms with E-state index in [9.17, 15) is 9.59 Å². The highest BCUT2D eigenvalue weighted by Gasteiger charge is 2.41. The van der Waals surface area contributed by atoms with Gasteiger partial charge in [-0.25, -0.2) is 0 Å². The van der Waals surface area contributed by atoms with Crippen LogP contribution in [0.5, 0.6) is 0 Å². The second-order valence-electron chi connectivity index (χ2n) is 8.10. The fourth-order valence-electron chi connectivity index (χ4n) is 4.37. The van der Waals surface area contributed by atoms with Gasteiger partial charge in [-0.15, -0.1) is 0 Å². The van der Waals surface area contributed by atoms with Crippen LogP contribution in [0.15, 0.2) is 24.3 Å². The summed E-state index contributed by atoms with van der Waals surface area (Å²) >= 11 is 0. The lowest BCUT2D eigenvalue weighted by atomic mass is 9.72. The van der Waals surface area contributed by atoms with Crippen LogP contribution in [-0.4, -0.2) is 73.6 Å². The second-order valence-corrected chi connectivity index (χ2v) is 8.10. The molecule has 1 spiro atoms. The first-order valence-corrected chi connectivity index (χ1v) is 9.90. The summed E-state index contributed by atoms with van der Waals surface area (Å²) in [6, 6.07) is 7.75. The van der Waals surface area contributed by atoms with Crippen molar-refractivity contribution in [1.29, 1.82) is 0 Å². The third kappa shape index (κ3) is 4.26. The predicted molar refractivity (Wildman–Crippen MR) is 106 cm³/mol. The average molecular weight is 373 g/mol. The number of benzene rings is 1. The molecule has 0 bridgehead atoms. The highest BCUT2D eigenvalue weighted by Crippen LogP contribution is 2.40. The van der Waals surface area contributed by atoms with E-state index in [2.05, 4.69) is 0 Å². The smallest absolute Gasteiger partial charge is 0.255 e. The molecular formula is C21H31N3O3. The summed E-state index contributed by atoms with van der Waals surface area (Å²) in [5.74, 6) is 0.297. The number of anilines is 1. The summed E-state index contributed by atoms with van der Waals surface area (Å²) in [5, 5.41) is 9.06. The van der Waals surface area contributed by atoms with Crippen molar-refractivity contribution in [2.24, 2.45) is 5.41 Å². The normalized spacial score (nSPS) is 19.4. The van der Waals surface area contributed by atoms with Crippen LogP contribution in [0.25, 0.3) is 0 Å². The van der Waals surface area contributed by atoms with E-state index in [0.717, 1.165) is 50.1 Å². The van der Waals surface area contributed by atoms with Crippen LogP contribution in [0.4, 0.5) is 5.69 Å². The van der Waals surface area contributed by atoms with Gasteiger partial charge in [0.2, 0.25) is 5.91 Å². The molecule has 0 atom stereocenters. The van der Waals surface area contributed by atoms with Crippen molar-refractivity contribution in [3.63, 3.8) is 0 Å². The van der Waals surface area contributed by atoms with Crippen molar-refractivity contribution in [3.8, 4) is 0 Å². The molecule has 0 saturated carbocycles. The zero-order chi connectivity index (χ0) is 19.4. The van der Waals surface area contributed by atoms with E-state index in [-0.39, 0.29) is 23.8 Å². The van der Waals surface area contributed by atoms with E-state index in [0.29, 0.717) is 19.4 Å². The van der Waals surface area contributed by atoms with E-state index in [1.54, 1.807) is 0 Å². The van der Waals surface area contributed by atoms with Crippen molar-refractivity contribution in [2.75, 3.05) is 51.8 Å². The lowest BCUT2D eigenvalue weighted by molar-refractivity contribution is -0.139. The molecule has 0 unspecified atom stereocenters. The highest BCUT2D eigenvalue weighted by molar-refractivity contribution is 5.99. The first-order valence-electron chi connectivity index (χ1n) is 9.90. The molecule has 1 aromatic rings. The Labute approximate surface area is 161 Å². The van der Waals surface area contributed by atoms with Crippen molar-refractivity contribution in [3.05, 3.63) is 29.8 Å². The van der Waals surface area contributed by atoms with Gasteiger partial charge in [0.1, 0.15) is 0 Å². The van der Waals surface area contributed by atoms with Crippen LogP contribution in [0.3, 0.4) is 0 Å². The minimum Gasteiger partial charge on any atom is -0.396 e. The molecule has 2 amide bonds. The number of likely N-dealkylation sites (tertiary alicyclic amines) is 2. The molecule has 6 nitrogen and oxygen atoms in total. The maximum absolute atomic E-state index is 13.1. The lowest BCUT2D eigenvalue weighted by Crippen LogP contribution is -2.52. The lowest BCUT2D eigenvalue weighted by Gasteiger charge is -2.47. The van der Waals surface area contributed by atoms with E-state index in [1.807, 2.05) is 53.1 Å². The fraction of sp³-hybridized carbons (Fsp3) is 0.619. The molecule has 1 N–H and O–H groups in total. The number of para-hydroxylation sites is 1. The number of hydrogen-bond acceptors (Lipinski definition) is 4. The van der Waals surface area contributed by atoms with Gasteiger partial charge in [0.25, 0.3) is 5.91 Å². The van der Waals surface area contributed by atoms with Gasteiger partial charge in [0.05, 0.1) is 5.56 Å². The number of aliphatic hydroxyl groups is 1. The predicted octanol–water partition coefficient (Wildman–Crippen LogP) is 1.98. The van der Waals surface area contributed by atoms with Gasteiger partial charge in [0.15, 0.2) is 0 Å². The molecule has 0 aromatic heterocycles. The van der Waals surface area contributed by atoms with E-state index in [4.69, 9.17) is 5.11 Å². The number of rotatable bonds is 5. The standard InChI is InChI=1S/C21H31N3O3/c1-22(2)18-7-4-3-6-17(18)20(27)23-13-10-21(11-14-23)9-8-19(26)24(16-21)12-5-15-25/h3-4,6-7,25H,5,8-16H2,1-2H3. The zero-order valence-electron chi connectivity index (χ0n) is 16.5. The molecule has 27 heavy (non-hydrogen) atoms. The van der Waals surface area contributed by atoms with Crippen molar-refractivity contribution < 1.29 is 14.7 Å². The Hall–Kier alpha value is -2.08. The Kier molecular flexibility index (Phi) is 6.05. The molecule has 2 aliphatic heterocycles. The number of carbonyl (C=O) groups is 2. The monoisotopic (exact) mass is 373 g/mol. The van der Waals surface area contributed by atoms with Gasteiger partial charge in [-0.3, -0.25) is 9.59 Å². The Morgan fingerprint density at radius 3 is 2.56 bits per heavy atom. The largest absolute Gasteiger partial charge is 0.396 e. The van der Waals surface area contributed by atoms with Crippen LogP contribution in [0.1, 0.15) is 42.5 Å². The molecular weight excluding hydrogens is 342 g/mol. The van der Waals surface area contributed by atoms with Crippen molar-refractivity contribution >= 4 is 17.5 Å². The van der Waals surface area contributed by atoms with Crippen LogP contribution in [0.2, 0.25) is 0 Å². The van der Waals surface area contributed by atoms with E-state index < -0.39 is 0 Å². The van der Waals surface area contributed by atoms with Crippen LogP contribution < -0.4 is 4.90 Å². The molecule has 2 heterocycles.